The van der Waals surface area contributed by atoms with Gasteiger partial charge in [0.25, 0.3) is 5.91 Å². The lowest BCUT2D eigenvalue weighted by molar-refractivity contribution is -0.119. The Bertz CT molecular complexity index is 966. The van der Waals surface area contributed by atoms with Gasteiger partial charge in [0.05, 0.1) is 12.8 Å². The Labute approximate surface area is 174 Å². The molecule has 1 aromatic heterocycles. The number of rotatable bonds is 6. The van der Waals surface area contributed by atoms with Crippen LogP contribution in [0.1, 0.15) is 11.3 Å². The molecule has 0 aliphatic heterocycles. The van der Waals surface area contributed by atoms with Crippen LogP contribution in [0.3, 0.4) is 0 Å². The summed E-state index contributed by atoms with van der Waals surface area (Å²) < 4.78 is 7.75. The molecular formula is C20H17Br2N3O2. The van der Waals surface area contributed by atoms with Gasteiger partial charge in [0, 0.05) is 20.2 Å². The van der Waals surface area contributed by atoms with Gasteiger partial charge < -0.3 is 9.73 Å². The van der Waals surface area contributed by atoms with Crippen molar-refractivity contribution in [1.82, 2.24) is 5.43 Å². The zero-order chi connectivity index (χ0) is 19.2. The van der Waals surface area contributed by atoms with Crippen LogP contribution in [0.2, 0.25) is 0 Å². The lowest BCUT2D eigenvalue weighted by Gasteiger charge is -2.04. The van der Waals surface area contributed by atoms with E-state index in [1.807, 2.05) is 55.5 Å². The Kier molecular flexibility index (Phi) is 6.47. The van der Waals surface area contributed by atoms with Crippen molar-refractivity contribution in [1.29, 1.82) is 0 Å². The van der Waals surface area contributed by atoms with E-state index in [0.717, 1.165) is 31.5 Å². The smallest absolute Gasteiger partial charge is 0.259 e. The number of halogens is 2. The van der Waals surface area contributed by atoms with Gasteiger partial charge in [-0.25, -0.2) is 5.43 Å². The second-order valence-corrected chi connectivity index (χ2v) is 7.59. The number of nitrogens with one attached hydrogen (secondary N) is 2. The fourth-order valence-corrected chi connectivity index (χ4v) is 2.92. The molecule has 1 amide bonds. The number of carbonyl (C=O) groups is 1. The van der Waals surface area contributed by atoms with Gasteiger partial charge in [-0.05, 0) is 55.0 Å². The maximum atomic E-state index is 11.8. The van der Waals surface area contributed by atoms with Crippen LogP contribution < -0.4 is 10.7 Å². The maximum absolute atomic E-state index is 11.8. The second kappa shape index (κ2) is 9.01. The summed E-state index contributed by atoms with van der Waals surface area (Å²) in [6.07, 6.45) is 1.48. The van der Waals surface area contributed by atoms with Gasteiger partial charge in [-0.15, -0.1) is 0 Å². The van der Waals surface area contributed by atoms with E-state index in [9.17, 15) is 4.79 Å². The van der Waals surface area contributed by atoms with Gasteiger partial charge in [-0.1, -0.05) is 44.0 Å². The van der Waals surface area contributed by atoms with Crippen molar-refractivity contribution < 1.29 is 9.21 Å². The Morgan fingerprint density at radius 3 is 2.63 bits per heavy atom. The minimum Gasteiger partial charge on any atom is -0.455 e. The van der Waals surface area contributed by atoms with E-state index < -0.39 is 0 Å². The summed E-state index contributed by atoms with van der Waals surface area (Å²) in [6, 6.07) is 17.3. The minimum atomic E-state index is -0.247. The molecule has 0 bridgehead atoms. The van der Waals surface area contributed by atoms with E-state index in [1.54, 1.807) is 6.07 Å². The van der Waals surface area contributed by atoms with Crippen LogP contribution in [-0.2, 0) is 4.79 Å². The molecule has 2 N–H and O–H groups in total. The third-order valence-corrected chi connectivity index (χ3v) is 5.14. The predicted molar refractivity (Wildman–Crippen MR) is 115 cm³/mol. The van der Waals surface area contributed by atoms with E-state index >= 15 is 0 Å². The summed E-state index contributed by atoms with van der Waals surface area (Å²) in [4.78, 5) is 11.8. The highest BCUT2D eigenvalue weighted by atomic mass is 79.9. The molecule has 27 heavy (non-hydrogen) atoms. The normalized spacial score (nSPS) is 10.9. The third-order valence-electron chi connectivity index (χ3n) is 3.76. The molecule has 0 unspecified atom stereocenters. The van der Waals surface area contributed by atoms with Crippen molar-refractivity contribution in [3.8, 4) is 11.3 Å². The van der Waals surface area contributed by atoms with Crippen molar-refractivity contribution in [2.45, 2.75) is 6.92 Å². The number of anilines is 1. The van der Waals surface area contributed by atoms with Gasteiger partial charge in [-0.3, -0.25) is 4.79 Å². The van der Waals surface area contributed by atoms with Crippen LogP contribution in [0.15, 0.2) is 73.1 Å². The van der Waals surface area contributed by atoms with Crippen LogP contribution in [0.5, 0.6) is 0 Å². The largest absolute Gasteiger partial charge is 0.455 e. The Balaban J connectivity index is 1.52. The number of hydrogen-bond donors (Lipinski definition) is 2. The average Bonchev–Trinajstić information content (AvgIpc) is 3.12. The van der Waals surface area contributed by atoms with Gasteiger partial charge in [0.1, 0.15) is 11.5 Å². The lowest BCUT2D eigenvalue weighted by atomic mass is 10.1. The number of nitrogens with zero attached hydrogens (tertiary/aromatic N) is 1. The molecule has 5 nitrogen and oxygen atoms in total. The fraction of sp³-hybridized carbons (Fsp3) is 0.100. The molecule has 3 rings (SSSR count). The van der Waals surface area contributed by atoms with Crippen molar-refractivity contribution in [2.24, 2.45) is 5.10 Å². The Morgan fingerprint density at radius 1 is 1.11 bits per heavy atom. The Hall–Kier alpha value is -2.38. The molecule has 0 fully saturated rings. The topological polar surface area (TPSA) is 66.6 Å². The number of hydrazone groups is 1. The minimum absolute atomic E-state index is 0.125. The molecule has 0 aliphatic rings. The van der Waals surface area contributed by atoms with Crippen LogP contribution in [0, 0.1) is 6.92 Å². The summed E-state index contributed by atoms with van der Waals surface area (Å²) in [5, 5.41) is 6.95. The highest BCUT2D eigenvalue weighted by Gasteiger charge is 2.06. The van der Waals surface area contributed by atoms with Gasteiger partial charge >= 0.3 is 0 Å². The van der Waals surface area contributed by atoms with Crippen LogP contribution in [0.4, 0.5) is 5.69 Å². The summed E-state index contributed by atoms with van der Waals surface area (Å²) in [5.41, 5.74) is 5.45. The van der Waals surface area contributed by atoms with E-state index in [2.05, 4.69) is 47.7 Å². The molecule has 0 aliphatic carbocycles. The van der Waals surface area contributed by atoms with Crippen molar-refractivity contribution >= 4 is 49.7 Å². The third kappa shape index (κ3) is 5.55. The highest BCUT2D eigenvalue weighted by molar-refractivity contribution is 9.10. The highest BCUT2D eigenvalue weighted by Crippen LogP contribution is 2.26. The van der Waals surface area contributed by atoms with Crippen LogP contribution >= 0.6 is 31.9 Å². The lowest BCUT2D eigenvalue weighted by Crippen LogP contribution is -2.25. The van der Waals surface area contributed by atoms with Crippen molar-refractivity contribution in [2.75, 3.05) is 11.9 Å². The first kappa shape index (κ1) is 19.4. The standard InChI is InChI=1S/C20H17Br2N3O2/c1-13-2-3-14(10-18(13)22)19-9-8-17(27-19)11-24-25-20(26)12-23-16-6-4-15(21)5-7-16/h2-11,23H,12H2,1H3,(H,25,26)/b24-11-. The summed E-state index contributed by atoms with van der Waals surface area (Å²) in [6.45, 7) is 2.15. The van der Waals surface area contributed by atoms with Gasteiger partial charge in [-0.2, -0.15) is 5.10 Å². The quantitative estimate of drug-likeness (QED) is 0.362. The number of benzene rings is 2. The summed E-state index contributed by atoms with van der Waals surface area (Å²) in [7, 11) is 0. The van der Waals surface area contributed by atoms with Gasteiger partial charge in [0.2, 0.25) is 0 Å². The Morgan fingerprint density at radius 2 is 1.89 bits per heavy atom. The summed E-state index contributed by atoms with van der Waals surface area (Å²) in [5.74, 6) is 1.05. The molecule has 0 radical (unpaired) electrons. The second-order valence-electron chi connectivity index (χ2n) is 5.82. The zero-order valence-corrected chi connectivity index (χ0v) is 17.7. The first-order valence-corrected chi connectivity index (χ1v) is 9.77. The maximum Gasteiger partial charge on any atom is 0.259 e. The zero-order valence-electron chi connectivity index (χ0n) is 14.5. The van der Waals surface area contributed by atoms with E-state index in [4.69, 9.17) is 4.42 Å². The molecule has 1 heterocycles. The molecule has 3 aromatic rings. The molecule has 0 saturated carbocycles. The number of amides is 1. The van der Waals surface area contributed by atoms with E-state index in [0.29, 0.717) is 5.76 Å². The molecule has 0 spiro atoms. The molecule has 7 heteroatoms. The van der Waals surface area contributed by atoms with Crippen molar-refractivity contribution in [3.63, 3.8) is 0 Å². The fourth-order valence-electron chi connectivity index (χ4n) is 2.28. The van der Waals surface area contributed by atoms with Crippen molar-refractivity contribution in [3.05, 3.63) is 74.9 Å². The number of carbonyl (C=O) groups excluding carboxylic acids is 1. The van der Waals surface area contributed by atoms with Crippen LogP contribution in [-0.4, -0.2) is 18.7 Å². The van der Waals surface area contributed by atoms with E-state index in [1.165, 1.54) is 6.21 Å². The SMILES string of the molecule is Cc1ccc(-c2ccc(/C=N\NC(=O)CNc3ccc(Br)cc3)o2)cc1Br. The molecular weight excluding hydrogens is 474 g/mol. The predicted octanol–water partition coefficient (Wildman–Crippen LogP) is 5.34. The monoisotopic (exact) mass is 489 g/mol. The summed E-state index contributed by atoms with van der Waals surface area (Å²) >= 11 is 6.89. The van der Waals surface area contributed by atoms with Crippen LogP contribution in [0.25, 0.3) is 11.3 Å². The molecule has 2 aromatic carbocycles. The van der Waals surface area contributed by atoms with Gasteiger partial charge in [0.15, 0.2) is 0 Å². The first-order valence-electron chi connectivity index (χ1n) is 8.19. The average molecular weight is 491 g/mol. The number of hydrogen-bond acceptors (Lipinski definition) is 4. The molecule has 138 valence electrons. The number of furan rings is 1. The number of aryl methyl sites for hydroxylation is 1. The van der Waals surface area contributed by atoms with E-state index in [-0.39, 0.29) is 12.5 Å². The molecule has 0 atom stereocenters. The molecule has 0 saturated heterocycles. The first-order chi connectivity index (χ1) is 13.0.